The molecule has 1 aromatic rings. The van der Waals surface area contributed by atoms with Crippen LogP contribution in [0.5, 0.6) is 0 Å². The molecule has 19 heavy (non-hydrogen) atoms. The molecule has 1 amide bonds. The van der Waals surface area contributed by atoms with Gasteiger partial charge in [0.05, 0.1) is 0 Å². The summed E-state index contributed by atoms with van der Waals surface area (Å²) in [5, 5.41) is 2.97. The molecule has 0 aromatic heterocycles. The smallest absolute Gasteiger partial charge is 0.251 e. The quantitative estimate of drug-likeness (QED) is 0.866. The first-order chi connectivity index (χ1) is 9.08. The lowest BCUT2D eigenvalue weighted by Gasteiger charge is -2.21. The van der Waals surface area contributed by atoms with Crippen molar-refractivity contribution in [2.24, 2.45) is 0 Å². The number of thioether (sulfide) groups is 1. The highest BCUT2D eigenvalue weighted by atomic mass is 32.2. The van der Waals surface area contributed by atoms with E-state index in [1.807, 2.05) is 0 Å². The van der Waals surface area contributed by atoms with Crippen molar-refractivity contribution >= 4 is 17.7 Å². The molecule has 0 aliphatic carbocycles. The Morgan fingerprint density at radius 1 is 1.26 bits per heavy atom. The van der Waals surface area contributed by atoms with Gasteiger partial charge in [-0.15, -0.1) is 0 Å². The van der Waals surface area contributed by atoms with Gasteiger partial charge in [0.15, 0.2) is 17.5 Å². The van der Waals surface area contributed by atoms with Gasteiger partial charge in [0.2, 0.25) is 0 Å². The summed E-state index contributed by atoms with van der Waals surface area (Å²) in [6, 6.07) is 1.42. The molecule has 6 heteroatoms. The molecule has 0 radical (unpaired) electrons. The first-order valence-electron chi connectivity index (χ1n) is 6.12. The fraction of sp³-hybridized carbons (Fsp3) is 0.462. The van der Waals surface area contributed by atoms with E-state index in [0.29, 0.717) is 23.9 Å². The van der Waals surface area contributed by atoms with Crippen molar-refractivity contribution in [1.29, 1.82) is 0 Å². The zero-order valence-electron chi connectivity index (χ0n) is 10.2. The lowest BCUT2D eigenvalue weighted by molar-refractivity contribution is 0.0952. The van der Waals surface area contributed by atoms with Crippen molar-refractivity contribution in [2.45, 2.75) is 24.5 Å². The molecule has 1 heterocycles. The number of amides is 1. The minimum atomic E-state index is -1.56. The van der Waals surface area contributed by atoms with Gasteiger partial charge < -0.3 is 5.32 Å². The third kappa shape index (κ3) is 3.65. The first kappa shape index (κ1) is 14.2. The SMILES string of the molecule is O=C(NCC1CCCCS1)c1cc(F)c(F)c(F)c1. The van der Waals surface area contributed by atoms with Crippen molar-refractivity contribution in [3.63, 3.8) is 0 Å². The Kier molecular flexibility index (Phi) is 4.74. The summed E-state index contributed by atoms with van der Waals surface area (Å²) < 4.78 is 38.8. The molecule has 1 fully saturated rings. The molecule has 1 aliphatic rings. The van der Waals surface area contributed by atoms with Gasteiger partial charge in [-0.1, -0.05) is 6.42 Å². The highest BCUT2D eigenvalue weighted by molar-refractivity contribution is 7.99. The minimum Gasteiger partial charge on any atom is -0.351 e. The molecule has 1 aromatic carbocycles. The van der Waals surface area contributed by atoms with E-state index in [4.69, 9.17) is 0 Å². The van der Waals surface area contributed by atoms with Crippen molar-refractivity contribution in [1.82, 2.24) is 5.32 Å². The predicted octanol–water partition coefficient (Wildman–Crippen LogP) is 3.12. The second-order valence-electron chi connectivity index (χ2n) is 4.45. The summed E-state index contributed by atoms with van der Waals surface area (Å²) in [4.78, 5) is 11.7. The molecule has 1 N–H and O–H groups in total. The standard InChI is InChI=1S/C13H14F3NOS/c14-10-5-8(6-11(15)12(10)16)13(18)17-7-9-3-1-2-4-19-9/h5-6,9H,1-4,7H2,(H,17,18). The molecule has 1 atom stereocenters. The van der Waals surface area contributed by atoms with Crippen LogP contribution in [0.3, 0.4) is 0 Å². The molecule has 2 rings (SSSR count). The Balaban J connectivity index is 1.96. The van der Waals surface area contributed by atoms with Crippen molar-refractivity contribution in [2.75, 3.05) is 12.3 Å². The van der Waals surface area contributed by atoms with Crippen LogP contribution < -0.4 is 5.32 Å². The number of nitrogens with one attached hydrogen (secondary N) is 1. The maximum atomic E-state index is 13.0. The minimum absolute atomic E-state index is 0.197. The monoisotopic (exact) mass is 289 g/mol. The first-order valence-corrected chi connectivity index (χ1v) is 7.17. The van der Waals surface area contributed by atoms with Crippen LogP contribution in [0.4, 0.5) is 13.2 Å². The van der Waals surface area contributed by atoms with Gasteiger partial charge in [0.25, 0.3) is 5.91 Å². The van der Waals surface area contributed by atoms with E-state index in [0.717, 1.165) is 18.6 Å². The van der Waals surface area contributed by atoms with Crippen molar-refractivity contribution < 1.29 is 18.0 Å². The van der Waals surface area contributed by atoms with Gasteiger partial charge in [-0.05, 0) is 30.7 Å². The fourth-order valence-corrected chi connectivity index (χ4v) is 3.20. The van der Waals surface area contributed by atoms with E-state index in [2.05, 4.69) is 5.32 Å². The summed E-state index contributed by atoms with van der Waals surface area (Å²) in [7, 11) is 0. The van der Waals surface area contributed by atoms with E-state index in [-0.39, 0.29) is 5.56 Å². The number of benzene rings is 1. The predicted molar refractivity (Wildman–Crippen MR) is 68.7 cm³/mol. The van der Waals surface area contributed by atoms with E-state index in [1.54, 1.807) is 11.8 Å². The highest BCUT2D eigenvalue weighted by Crippen LogP contribution is 2.24. The average molecular weight is 289 g/mol. The van der Waals surface area contributed by atoms with Gasteiger partial charge >= 0.3 is 0 Å². The lowest BCUT2D eigenvalue weighted by atomic mass is 10.1. The average Bonchev–Trinajstić information content (AvgIpc) is 2.42. The maximum absolute atomic E-state index is 13.0. The number of rotatable bonds is 3. The normalized spacial score (nSPS) is 19.2. The number of hydrogen-bond acceptors (Lipinski definition) is 2. The van der Waals surface area contributed by atoms with Crippen molar-refractivity contribution in [3.05, 3.63) is 35.1 Å². The molecule has 1 unspecified atom stereocenters. The largest absolute Gasteiger partial charge is 0.351 e. The van der Waals surface area contributed by atoms with Crippen molar-refractivity contribution in [3.8, 4) is 0 Å². The molecule has 2 nitrogen and oxygen atoms in total. The molecule has 1 saturated heterocycles. The van der Waals surface area contributed by atoms with Crippen LogP contribution in [-0.2, 0) is 0 Å². The highest BCUT2D eigenvalue weighted by Gasteiger charge is 2.18. The number of carbonyl (C=O) groups excluding carboxylic acids is 1. The van der Waals surface area contributed by atoms with E-state index >= 15 is 0 Å². The third-order valence-corrected chi connectivity index (χ3v) is 4.41. The third-order valence-electron chi connectivity index (χ3n) is 3.01. The maximum Gasteiger partial charge on any atom is 0.251 e. The van der Waals surface area contributed by atoms with Crippen LogP contribution in [0, 0.1) is 17.5 Å². The molecular weight excluding hydrogens is 275 g/mol. The lowest BCUT2D eigenvalue weighted by Crippen LogP contribution is -2.32. The topological polar surface area (TPSA) is 29.1 Å². The van der Waals surface area contributed by atoms with E-state index in [1.165, 1.54) is 6.42 Å². The summed E-state index contributed by atoms with van der Waals surface area (Å²) in [6.07, 6.45) is 3.34. The summed E-state index contributed by atoms with van der Waals surface area (Å²) in [6.45, 7) is 0.462. The zero-order valence-corrected chi connectivity index (χ0v) is 11.0. The Morgan fingerprint density at radius 2 is 1.95 bits per heavy atom. The van der Waals surface area contributed by atoms with Crippen LogP contribution in [0.2, 0.25) is 0 Å². The summed E-state index contributed by atoms with van der Waals surface area (Å²) >= 11 is 1.79. The molecule has 104 valence electrons. The van der Waals surface area contributed by atoms with Gasteiger partial charge in [-0.3, -0.25) is 4.79 Å². The summed E-state index contributed by atoms with van der Waals surface area (Å²) in [5.41, 5.74) is -0.197. The Morgan fingerprint density at radius 3 is 2.53 bits per heavy atom. The molecule has 0 saturated carbocycles. The number of hydrogen-bond donors (Lipinski definition) is 1. The van der Waals surface area contributed by atoms with Gasteiger partial charge in [-0.2, -0.15) is 11.8 Å². The van der Waals surface area contributed by atoms with Crippen LogP contribution in [0.25, 0.3) is 0 Å². The number of carbonyl (C=O) groups is 1. The van der Waals surface area contributed by atoms with Crippen LogP contribution in [0.15, 0.2) is 12.1 Å². The Bertz CT molecular complexity index is 452. The van der Waals surface area contributed by atoms with E-state index in [9.17, 15) is 18.0 Å². The zero-order chi connectivity index (χ0) is 13.8. The molecular formula is C13H14F3NOS. The van der Waals surface area contributed by atoms with Crippen LogP contribution in [-0.4, -0.2) is 23.5 Å². The van der Waals surface area contributed by atoms with Gasteiger partial charge in [0.1, 0.15) is 0 Å². The molecule has 0 spiro atoms. The summed E-state index contributed by atoms with van der Waals surface area (Å²) in [5.74, 6) is -3.77. The Hall–Kier alpha value is -1.17. The van der Waals surface area contributed by atoms with Gasteiger partial charge in [0, 0.05) is 17.4 Å². The Labute approximate surface area is 113 Å². The van der Waals surface area contributed by atoms with Crippen LogP contribution >= 0.6 is 11.8 Å². The molecule has 0 bridgehead atoms. The van der Waals surface area contributed by atoms with E-state index < -0.39 is 23.4 Å². The van der Waals surface area contributed by atoms with Crippen LogP contribution in [0.1, 0.15) is 29.6 Å². The molecule has 1 aliphatic heterocycles. The van der Waals surface area contributed by atoms with Gasteiger partial charge in [-0.25, -0.2) is 13.2 Å². The fourth-order valence-electron chi connectivity index (χ4n) is 1.96. The second kappa shape index (κ2) is 6.32. The second-order valence-corrected chi connectivity index (χ2v) is 5.86. The number of halogens is 3.